The summed E-state index contributed by atoms with van der Waals surface area (Å²) in [4.78, 5) is 26.2. The summed E-state index contributed by atoms with van der Waals surface area (Å²) in [5, 5.41) is 2.82. The molecule has 1 fully saturated rings. The van der Waals surface area contributed by atoms with Crippen molar-refractivity contribution in [1.82, 2.24) is 4.90 Å². The van der Waals surface area contributed by atoms with Crippen LogP contribution in [0.25, 0.3) is 0 Å². The molecule has 3 rings (SSSR count). The molecule has 6 heteroatoms. The molecule has 1 saturated carbocycles. The zero-order valence-corrected chi connectivity index (χ0v) is 16.8. The minimum absolute atomic E-state index is 0.0378. The molecule has 6 nitrogen and oxygen atoms in total. The van der Waals surface area contributed by atoms with Crippen molar-refractivity contribution in [1.29, 1.82) is 0 Å². The topological polar surface area (TPSA) is 84.7 Å². The number of anilines is 1. The van der Waals surface area contributed by atoms with Gasteiger partial charge in [-0.1, -0.05) is 43.2 Å². The molecule has 2 unspecified atom stereocenters. The van der Waals surface area contributed by atoms with Crippen molar-refractivity contribution in [2.75, 3.05) is 11.9 Å². The summed E-state index contributed by atoms with van der Waals surface area (Å²) >= 11 is 0. The number of carbonyl (C=O) groups is 2. The first kappa shape index (κ1) is 20.9. The molecule has 3 N–H and O–H groups in total. The van der Waals surface area contributed by atoms with Gasteiger partial charge in [-0.2, -0.15) is 0 Å². The molecule has 0 spiro atoms. The lowest BCUT2D eigenvalue weighted by Gasteiger charge is -2.38. The first-order chi connectivity index (χ1) is 14.0. The Morgan fingerprint density at radius 1 is 1.07 bits per heavy atom. The Balaban J connectivity index is 1.54. The number of nitrogens with two attached hydrogens (primary N) is 1. The number of hydrogen-bond acceptors (Lipinski definition) is 4. The molecule has 2 atom stereocenters. The second kappa shape index (κ2) is 10.1. The van der Waals surface area contributed by atoms with Crippen molar-refractivity contribution >= 4 is 17.5 Å². The van der Waals surface area contributed by atoms with Crippen LogP contribution in [-0.2, 0) is 16.1 Å². The number of amides is 2. The van der Waals surface area contributed by atoms with Crippen LogP contribution in [0.5, 0.6) is 5.75 Å². The van der Waals surface area contributed by atoms with Crippen LogP contribution in [-0.4, -0.2) is 35.4 Å². The Bertz CT molecular complexity index is 808. The number of benzene rings is 2. The van der Waals surface area contributed by atoms with Gasteiger partial charge in [-0.25, -0.2) is 0 Å². The van der Waals surface area contributed by atoms with Crippen molar-refractivity contribution in [3.05, 3.63) is 60.2 Å². The molecule has 1 aliphatic carbocycles. The molecule has 2 aromatic carbocycles. The Labute approximate surface area is 172 Å². The fourth-order valence-electron chi connectivity index (χ4n) is 3.74. The van der Waals surface area contributed by atoms with Crippen LogP contribution in [0, 0.1) is 0 Å². The molecule has 154 valence electrons. The number of hydrogen-bond donors (Lipinski definition) is 2. The van der Waals surface area contributed by atoms with E-state index in [1.54, 1.807) is 19.1 Å². The highest BCUT2D eigenvalue weighted by atomic mass is 16.5. The van der Waals surface area contributed by atoms with Crippen LogP contribution in [0.3, 0.4) is 0 Å². The Morgan fingerprint density at radius 2 is 1.76 bits per heavy atom. The highest BCUT2D eigenvalue weighted by Crippen LogP contribution is 2.24. The van der Waals surface area contributed by atoms with E-state index in [9.17, 15) is 9.59 Å². The van der Waals surface area contributed by atoms with Crippen molar-refractivity contribution in [3.63, 3.8) is 0 Å². The molecular formula is C23H29N3O3. The Hall–Kier alpha value is -2.86. The monoisotopic (exact) mass is 395 g/mol. The van der Waals surface area contributed by atoms with Gasteiger partial charge < -0.3 is 20.7 Å². The molecular weight excluding hydrogens is 366 g/mol. The van der Waals surface area contributed by atoms with Crippen LogP contribution in [0.2, 0.25) is 0 Å². The van der Waals surface area contributed by atoms with E-state index in [1.807, 2.05) is 47.4 Å². The maximum Gasteiger partial charge on any atom is 0.262 e. The van der Waals surface area contributed by atoms with Gasteiger partial charge in [0.05, 0.1) is 0 Å². The summed E-state index contributed by atoms with van der Waals surface area (Å²) in [5.74, 6) is 0.478. The van der Waals surface area contributed by atoms with E-state index in [-0.39, 0.29) is 30.5 Å². The summed E-state index contributed by atoms with van der Waals surface area (Å²) in [6.07, 6.45) is 4.16. The van der Waals surface area contributed by atoms with Crippen molar-refractivity contribution in [2.45, 2.75) is 51.2 Å². The molecule has 1 aliphatic rings. The predicted molar refractivity (Wildman–Crippen MR) is 113 cm³/mol. The fourth-order valence-corrected chi connectivity index (χ4v) is 3.74. The summed E-state index contributed by atoms with van der Waals surface area (Å²) in [5.41, 5.74) is 7.97. The predicted octanol–water partition coefficient (Wildman–Crippen LogP) is 3.32. The maximum atomic E-state index is 12.2. The van der Waals surface area contributed by atoms with Gasteiger partial charge in [-0.05, 0) is 42.7 Å². The molecule has 2 aromatic rings. The van der Waals surface area contributed by atoms with Gasteiger partial charge >= 0.3 is 0 Å². The van der Waals surface area contributed by atoms with Crippen LogP contribution in [0.1, 0.15) is 38.2 Å². The Kier molecular flexibility index (Phi) is 7.25. The van der Waals surface area contributed by atoms with Gasteiger partial charge in [-0.3, -0.25) is 9.59 Å². The minimum atomic E-state index is -0.222. The van der Waals surface area contributed by atoms with Crippen LogP contribution in [0.15, 0.2) is 54.6 Å². The average Bonchev–Trinajstić information content (AvgIpc) is 2.73. The summed E-state index contributed by atoms with van der Waals surface area (Å²) < 4.78 is 5.45. The number of para-hydroxylation sites is 1. The molecule has 0 heterocycles. The third-order valence-electron chi connectivity index (χ3n) is 5.29. The summed E-state index contributed by atoms with van der Waals surface area (Å²) in [7, 11) is 0. The normalized spacial score (nSPS) is 18.7. The zero-order valence-electron chi connectivity index (χ0n) is 16.8. The lowest BCUT2D eigenvalue weighted by Crippen LogP contribution is -2.50. The largest absolute Gasteiger partial charge is 0.484 e. The van der Waals surface area contributed by atoms with Gasteiger partial charge in [0.15, 0.2) is 6.61 Å². The van der Waals surface area contributed by atoms with Gasteiger partial charge in [0, 0.05) is 31.2 Å². The van der Waals surface area contributed by atoms with Gasteiger partial charge in [0.25, 0.3) is 5.91 Å². The van der Waals surface area contributed by atoms with E-state index in [0.29, 0.717) is 18.0 Å². The van der Waals surface area contributed by atoms with E-state index in [0.717, 1.165) is 31.2 Å². The highest BCUT2D eigenvalue weighted by Gasteiger charge is 2.29. The second-order valence-corrected chi connectivity index (χ2v) is 7.51. The van der Waals surface area contributed by atoms with Crippen molar-refractivity contribution in [2.24, 2.45) is 5.73 Å². The number of nitrogens with one attached hydrogen (secondary N) is 1. The van der Waals surface area contributed by atoms with Crippen LogP contribution in [0.4, 0.5) is 5.69 Å². The van der Waals surface area contributed by atoms with Crippen LogP contribution >= 0.6 is 0 Å². The third kappa shape index (κ3) is 6.06. The molecule has 29 heavy (non-hydrogen) atoms. The first-order valence-electron chi connectivity index (χ1n) is 10.1. The van der Waals surface area contributed by atoms with E-state index >= 15 is 0 Å². The standard InChI is InChI=1S/C23H29N3O3/c1-17(27)26(22-10-6-5-9-21(22)24)15-18-11-13-19(14-12-18)25-23(28)16-29-20-7-3-2-4-8-20/h2-4,7-8,11-14,21-22H,5-6,9-10,15-16,24H2,1H3,(H,25,28). The molecule has 0 saturated heterocycles. The van der Waals surface area contributed by atoms with Crippen LogP contribution < -0.4 is 15.8 Å². The summed E-state index contributed by atoms with van der Waals surface area (Å²) in [6.45, 7) is 2.07. The molecule has 0 aliphatic heterocycles. The highest BCUT2D eigenvalue weighted by molar-refractivity contribution is 5.91. The average molecular weight is 396 g/mol. The van der Waals surface area contributed by atoms with E-state index in [2.05, 4.69) is 5.32 Å². The first-order valence-corrected chi connectivity index (χ1v) is 10.1. The van der Waals surface area contributed by atoms with E-state index in [1.165, 1.54) is 0 Å². The second-order valence-electron chi connectivity index (χ2n) is 7.51. The maximum absolute atomic E-state index is 12.2. The minimum Gasteiger partial charge on any atom is -0.484 e. The lowest BCUT2D eigenvalue weighted by atomic mass is 9.89. The zero-order chi connectivity index (χ0) is 20.6. The van der Waals surface area contributed by atoms with Crippen molar-refractivity contribution < 1.29 is 14.3 Å². The van der Waals surface area contributed by atoms with E-state index in [4.69, 9.17) is 10.5 Å². The van der Waals surface area contributed by atoms with Gasteiger partial charge in [0.2, 0.25) is 5.91 Å². The lowest BCUT2D eigenvalue weighted by molar-refractivity contribution is -0.133. The molecule has 0 radical (unpaired) electrons. The molecule has 0 bridgehead atoms. The van der Waals surface area contributed by atoms with Gasteiger partial charge in [0.1, 0.15) is 5.75 Å². The third-order valence-corrected chi connectivity index (χ3v) is 5.29. The summed E-state index contributed by atoms with van der Waals surface area (Å²) in [6, 6.07) is 16.9. The Morgan fingerprint density at radius 3 is 2.41 bits per heavy atom. The number of rotatable bonds is 7. The number of ether oxygens (including phenoxy) is 1. The van der Waals surface area contributed by atoms with E-state index < -0.39 is 0 Å². The quantitative estimate of drug-likeness (QED) is 0.753. The fraction of sp³-hybridized carbons (Fsp3) is 0.391. The molecule has 0 aromatic heterocycles. The van der Waals surface area contributed by atoms with Gasteiger partial charge in [-0.15, -0.1) is 0 Å². The molecule has 2 amide bonds. The SMILES string of the molecule is CC(=O)N(Cc1ccc(NC(=O)COc2ccccc2)cc1)C1CCCCC1N. The van der Waals surface area contributed by atoms with Crippen molar-refractivity contribution in [3.8, 4) is 5.75 Å². The number of nitrogens with zero attached hydrogens (tertiary/aromatic N) is 1. The smallest absolute Gasteiger partial charge is 0.262 e. The number of carbonyl (C=O) groups excluding carboxylic acids is 2.